The van der Waals surface area contributed by atoms with Crippen molar-refractivity contribution in [3.8, 4) is 11.5 Å². The van der Waals surface area contributed by atoms with E-state index in [1.807, 2.05) is 12.1 Å². The molecule has 0 aliphatic heterocycles. The maximum atomic E-state index is 12.4. The third kappa shape index (κ3) is 4.40. The van der Waals surface area contributed by atoms with E-state index in [1.165, 1.54) is 0 Å². The number of nitrogens with zero attached hydrogens (tertiary/aromatic N) is 1. The van der Waals surface area contributed by atoms with Gasteiger partial charge in [-0.05, 0) is 42.3 Å². The van der Waals surface area contributed by atoms with E-state index in [2.05, 4.69) is 15.5 Å². The number of hydrogen-bond donors (Lipinski definition) is 3. The van der Waals surface area contributed by atoms with Gasteiger partial charge in [0, 0.05) is 5.39 Å². The fourth-order valence-electron chi connectivity index (χ4n) is 2.74. The zero-order valence-electron chi connectivity index (χ0n) is 15.6. The van der Waals surface area contributed by atoms with E-state index in [1.54, 1.807) is 44.4 Å². The van der Waals surface area contributed by atoms with Gasteiger partial charge in [-0.25, -0.2) is 4.79 Å². The van der Waals surface area contributed by atoms with Crippen LogP contribution in [0.25, 0.3) is 10.9 Å². The fraction of sp³-hybridized carbons (Fsp3) is 0.250. The van der Waals surface area contributed by atoms with Crippen LogP contribution in [0.5, 0.6) is 11.5 Å². The molecule has 1 aromatic heterocycles. The number of aliphatic carboxylic acids is 1. The number of aromatic nitrogens is 2. The third-order valence-corrected chi connectivity index (χ3v) is 4.24. The van der Waals surface area contributed by atoms with Crippen LogP contribution in [0.1, 0.15) is 18.9 Å². The summed E-state index contributed by atoms with van der Waals surface area (Å²) in [4.78, 5) is 23.5. The van der Waals surface area contributed by atoms with Gasteiger partial charge in [0.2, 0.25) is 5.91 Å². The summed E-state index contributed by atoms with van der Waals surface area (Å²) in [5, 5.41) is 19.5. The van der Waals surface area contributed by atoms with Crippen LogP contribution in [-0.2, 0) is 16.0 Å². The second-order valence-electron chi connectivity index (χ2n) is 6.21. The molecule has 3 rings (SSSR count). The molecule has 1 unspecified atom stereocenters. The van der Waals surface area contributed by atoms with Gasteiger partial charge in [-0.1, -0.05) is 19.1 Å². The van der Waals surface area contributed by atoms with Crippen molar-refractivity contribution in [2.45, 2.75) is 25.9 Å². The molecule has 0 radical (unpaired) electrons. The molecule has 8 heteroatoms. The molecule has 3 N–H and O–H groups in total. The van der Waals surface area contributed by atoms with Crippen molar-refractivity contribution >= 4 is 28.6 Å². The van der Waals surface area contributed by atoms with Gasteiger partial charge in [-0.15, -0.1) is 0 Å². The first-order valence-electron chi connectivity index (χ1n) is 8.80. The lowest BCUT2D eigenvalue weighted by molar-refractivity contribution is -0.145. The topological polar surface area (TPSA) is 114 Å². The van der Waals surface area contributed by atoms with Crippen LogP contribution < -0.4 is 14.8 Å². The van der Waals surface area contributed by atoms with Crippen molar-refractivity contribution in [3.63, 3.8) is 0 Å². The SMILES string of the molecule is CCC(Oc1ccc2[nH]nc(NC(=O)Cc3ccc(OC)cc3)c2c1)C(=O)O. The summed E-state index contributed by atoms with van der Waals surface area (Å²) < 4.78 is 10.6. The van der Waals surface area contributed by atoms with Gasteiger partial charge in [0.05, 0.1) is 19.0 Å². The zero-order chi connectivity index (χ0) is 20.1. The number of fused-ring (bicyclic) bond motifs is 1. The highest BCUT2D eigenvalue weighted by molar-refractivity contribution is 6.00. The molecular weight excluding hydrogens is 362 g/mol. The number of carboxylic acids is 1. The molecular formula is C20H21N3O5. The summed E-state index contributed by atoms with van der Waals surface area (Å²) in [6, 6.07) is 12.3. The summed E-state index contributed by atoms with van der Waals surface area (Å²) >= 11 is 0. The maximum Gasteiger partial charge on any atom is 0.344 e. The molecule has 0 aliphatic carbocycles. The predicted octanol–water partition coefficient (Wildman–Crippen LogP) is 2.99. The first-order valence-corrected chi connectivity index (χ1v) is 8.80. The molecule has 0 bridgehead atoms. The Morgan fingerprint density at radius 2 is 1.89 bits per heavy atom. The van der Waals surface area contributed by atoms with E-state index < -0.39 is 12.1 Å². The van der Waals surface area contributed by atoms with E-state index in [0.717, 1.165) is 11.3 Å². The van der Waals surface area contributed by atoms with Gasteiger partial charge in [0.25, 0.3) is 0 Å². The normalized spacial score (nSPS) is 11.8. The Labute approximate surface area is 161 Å². The number of amides is 1. The first-order chi connectivity index (χ1) is 13.5. The van der Waals surface area contributed by atoms with Crippen molar-refractivity contribution in [1.82, 2.24) is 10.2 Å². The minimum Gasteiger partial charge on any atom is -0.497 e. The lowest BCUT2D eigenvalue weighted by Gasteiger charge is -2.13. The molecule has 0 spiro atoms. The highest BCUT2D eigenvalue weighted by Gasteiger charge is 2.18. The molecule has 3 aromatic rings. The van der Waals surface area contributed by atoms with Crippen molar-refractivity contribution in [3.05, 3.63) is 48.0 Å². The summed E-state index contributed by atoms with van der Waals surface area (Å²) in [6.07, 6.45) is -0.409. The van der Waals surface area contributed by atoms with Crippen LogP contribution in [-0.4, -0.2) is 40.4 Å². The van der Waals surface area contributed by atoms with Gasteiger partial charge < -0.3 is 19.9 Å². The Hall–Kier alpha value is -3.55. The molecule has 28 heavy (non-hydrogen) atoms. The van der Waals surface area contributed by atoms with Crippen molar-refractivity contribution in [2.75, 3.05) is 12.4 Å². The molecule has 1 atom stereocenters. The standard InChI is InChI=1S/C20H21N3O5/c1-3-17(20(25)26)28-14-8-9-16-15(11-14)19(23-22-16)21-18(24)10-12-4-6-13(27-2)7-5-12/h4-9,11,17H,3,10H2,1-2H3,(H,25,26)(H2,21,22,23,24). The minimum absolute atomic E-state index is 0.186. The molecule has 0 saturated heterocycles. The Morgan fingerprint density at radius 3 is 2.54 bits per heavy atom. The average Bonchev–Trinajstić information content (AvgIpc) is 3.08. The van der Waals surface area contributed by atoms with Crippen LogP contribution in [0.3, 0.4) is 0 Å². The highest BCUT2D eigenvalue weighted by atomic mass is 16.5. The summed E-state index contributed by atoms with van der Waals surface area (Å²) in [5.74, 6) is 0.238. The number of carboxylic acid groups (broad SMARTS) is 1. The number of anilines is 1. The second-order valence-corrected chi connectivity index (χ2v) is 6.21. The smallest absolute Gasteiger partial charge is 0.344 e. The predicted molar refractivity (Wildman–Crippen MR) is 104 cm³/mol. The van der Waals surface area contributed by atoms with Crippen LogP contribution >= 0.6 is 0 Å². The molecule has 146 valence electrons. The van der Waals surface area contributed by atoms with E-state index in [0.29, 0.717) is 28.9 Å². The number of rotatable bonds is 8. The molecule has 0 fully saturated rings. The average molecular weight is 383 g/mol. The number of methoxy groups -OCH3 is 1. The zero-order valence-corrected chi connectivity index (χ0v) is 15.6. The Bertz CT molecular complexity index is 981. The second kappa shape index (κ2) is 8.43. The molecule has 1 heterocycles. The molecule has 0 saturated carbocycles. The number of carbonyl (C=O) groups is 2. The van der Waals surface area contributed by atoms with Gasteiger partial charge in [-0.2, -0.15) is 5.10 Å². The largest absolute Gasteiger partial charge is 0.497 e. The lowest BCUT2D eigenvalue weighted by atomic mass is 10.1. The highest BCUT2D eigenvalue weighted by Crippen LogP contribution is 2.26. The van der Waals surface area contributed by atoms with Crippen molar-refractivity contribution < 1.29 is 24.2 Å². The van der Waals surface area contributed by atoms with Gasteiger partial charge in [0.15, 0.2) is 11.9 Å². The van der Waals surface area contributed by atoms with Gasteiger partial charge >= 0.3 is 5.97 Å². The number of carbonyl (C=O) groups excluding carboxylic acids is 1. The van der Waals surface area contributed by atoms with Crippen LogP contribution in [0.4, 0.5) is 5.82 Å². The molecule has 1 amide bonds. The number of ether oxygens (including phenoxy) is 2. The number of aromatic amines is 1. The first kappa shape index (κ1) is 19.2. The Kier molecular flexibility index (Phi) is 5.78. The van der Waals surface area contributed by atoms with Crippen LogP contribution in [0, 0.1) is 0 Å². The summed E-state index contributed by atoms with van der Waals surface area (Å²) in [6.45, 7) is 1.74. The number of benzene rings is 2. The fourth-order valence-corrected chi connectivity index (χ4v) is 2.74. The van der Waals surface area contributed by atoms with E-state index in [-0.39, 0.29) is 12.3 Å². The number of hydrogen-bond acceptors (Lipinski definition) is 5. The lowest BCUT2D eigenvalue weighted by Crippen LogP contribution is -2.25. The number of nitrogens with one attached hydrogen (secondary N) is 2. The quantitative estimate of drug-likeness (QED) is 0.551. The number of H-pyrrole nitrogens is 1. The van der Waals surface area contributed by atoms with Gasteiger partial charge in [0.1, 0.15) is 11.5 Å². The maximum absolute atomic E-state index is 12.4. The third-order valence-electron chi connectivity index (χ3n) is 4.24. The van der Waals surface area contributed by atoms with E-state index in [9.17, 15) is 9.59 Å². The van der Waals surface area contributed by atoms with E-state index >= 15 is 0 Å². The monoisotopic (exact) mass is 383 g/mol. The molecule has 2 aromatic carbocycles. The Morgan fingerprint density at radius 1 is 1.18 bits per heavy atom. The molecule has 8 nitrogen and oxygen atoms in total. The van der Waals surface area contributed by atoms with Crippen molar-refractivity contribution in [2.24, 2.45) is 0 Å². The van der Waals surface area contributed by atoms with Gasteiger partial charge in [-0.3, -0.25) is 9.89 Å². The van der Waals surface area contributed by atoms with Crippen LogP contribution in [0.15, 0.2) is 42.5 Å². The van der Waals surface area contributed by atoms with Crippen LogP contribution in [0.2, 0.25) is 0 Å². The Balaban J connectivity index is 1.74. The minimum atomic E-state index is -1.03. The summed E-state index contributed by atoms with van der Waals surface area (Å²) in [5.41, 5.74) is 1.55. The summed E-state index contributed by atoms with van der Waals surface area (Å²) in [7, 11) is 1.58. The van der Waals surface area contributed by atoms with Crippen molar-refractivity contribution in [1.29, 1.82) is 0 Å². The van der Waals surface area contributed by atoms with E-state index in [4.69, 9.17) is 14.6 Å². The molecule has 0 aliphatic rings.